The summed E-state index contributed by atoms with van der Waals surface area (Å²) in [5, 5.41) is 5.61. The number of hydrogen-bond donors (Lipinski definition) is 1. The van der Waals surface area contributed by atoms with Crippen LogP contribution in [0.3, 0.4) is 0 Å². The van der Waals surface area contributed by atoms with Crippen molar-refractivity contribution in [1.29, 1.82) is 0 Å². The van der Waals surface area contributed by atoms with Crippen molar-refractivity contribution in [3.8, 4) is 0 Å². The molecule has 0 aromatic carbocycles. The molecule has 0 aliphatic carbocycles. The van der Waals surface area contributed by atoms with Gasteiger partial charge in [0, 0.05) is 11.8 Å². The Balaban J connectivity index is 2.23. The van der Waals surface area contributed by atoms with E-state index in [1.807, 2.05) is 23.1 Å². The molecule has 1 atom stereocenters. The first-order valence-electron chi connectivity index (χ1n) is 4.76. The van der Waals surface area contributed by atoms with Crippen LogP contribution in [0.5, 0.6) is 0 Å². The van der Waals surface area contributed by atoms with E-state index in [1.165, 1.54) is 16.4 Å². The standard InChI is InChI=1S/C10H17NS2/c1-3-9(11-4-2)8-13-10-6-5-7-12-10/h5-7,9,11H,3-4,8H2,1-2H3. The van der Waals surface area contributed by atoms with Crippen LogP contribution in [0.4, 0.5) is 0 Å². The van der Waals surface area contributed by atoms with E-state index in [1.54, 1.807) is 0 Å². The molecule has 13 heavy (non-hydrogen) atoms. The van der Waals surface area contributed by atoms with Crippen molar-refractivity contribution in [2.45, 2.75) is 30.5 Å². The lowest BCUT2D eigenvalue weighted by atomic mass is 10.2. The minimum Gasteiger partial charge on any atom is -0.313 e. The van der Waals surface area contributed by atoms with Gasteiger partial charge in [0.1, 0.15) is 0 Å². The summed E-state index contributed by atoms with van der Waals surface area (Å²) in [6.45, 7) is 5.48. The molecule has 74 valence electrons. The van der Waals surface area contributed by atoms with Crippen LogP contribution >= 0.6 is 23.1 Å². The summed E-state index contributed by atoms with van der Waals surface area (Å²) in [6, 6.07) is 4.96. The molecule has 1 aromatic rings. The number of hydrogen-bond acceptors (Lipinski definition) is 3. The lowest BCUT2D eigenvalue weighted by molar-refractivity contribution is 0.560. The number of thioether (sulfide) groups is 1. The first-order chi connectivity index (χ1) is 6.36. The second kappa shape index (κ2) is 6.46. The lowest BCUT2D eigenvalue weighted by Crippen LogP contribution is -2.30. The molecule has 0 saturated carbocycles. The van der Waals surface area contributed by atoms with Crippen LogP contribution in [-0.4, -0.2) is 18.3 Å². The molecule has 0 amide bonds. The molecule has 0 bridgehead atoms. The Morgan fingerprint density at radius 1 is 1.54 bits per heavy atom. The van der Waals surface area contributed by atoms with E-state index in [0.717, 1.165) is 6.54 Å². The number of rotatable bonds is 6. The van der Waals surface area contributed by atoms with Crippen molar-refractivity contribution in [2.24, 2.45) is 0 Å². The molecule has 3 heteroatoms. The second-order valence-corrected chi connectivity index (χ2v) is 5.17. The quantitative estimate of drug-likeness (QED) is 0.731. The molecular weight excluding hydrogens is 198 g/mol. The first kappa shape index (κ1) is 11.1. The minimum atomic E-state index is 0.664. The number of thiophene rings is 1. The maximum Gasteiger partial charge on any atom is 0.0599 e. The van der Waals surface area contributed by atoms with Gasteiger partial charge in [-0.05, 0) is 24.4 Å². The molecule has 1 nitrogen and oxygen atoms in total. The summed E-state index contributed by atoms with van der Waals surface area (Å²) in [4.78, 5) is 0. The SMILES string of the molecule is CCNC(CC)CSc1cccs1. The Kier molecular flexibility index (Phi) is 5.51. The summed E-state index contributed by atoms with van der Waals surface area (Å²) in [6.07, 6.45) is 1.21. The fourth-order valence-corrected chi connectivity index (χ4v) is 3.12. The van der Waals surface area contributed by atoms with E-state index in [0.29, 0.717) is 6.04 Å². The topological polar surface area (TPSA) is 12.0 Å². The molecule has 0 aliphatic heterocycles. The van der Waals surface area contributed by atoms with Gasteiger partial charge in [0.05, 0.1) is 4.21 Å². The summed E-state index contributed by atoms with van der Waals surface area (Å²) < 4.78 is 1.43. The third kappa shape index (κ3) is 4.16. The highest BCUT2D eigenvalue weighted by Gasteiger charge is 2.04. The Hall–Kier alpha value is 0.01000. The van der Waals surface area contributed by atoms with E-state index in [-0.39, 0.29) is 0 Å². The van der Waals surface area contributed by atoms with Gasteiger partial charge < -0.3 is 5.32 Å². The van der Waals surface area contributed by atoms with Crippen molar-refractivity contribution in [3.63, 3.8) is 0 Å². The maximum absolute atomic E-state index is 3.48. The molecule has 0 saturated heterocycles. The van der Waals surface area contributed by atoms with E-state index in [9.17, 15) is 0 Å². The van der Waals surface area contributed by atoms with Crippen LogP contribution in [0.15, 0.2) is 21.7 Å². The highest BCUT2D eigenvalue weighted by molar-refractivity contribution is 8.01. The zero-order valence-electron chi connectivity index (χ0n) is 8.25. The van der Waals surface area contributed by atoms with Crippen LogP contribution in [0.1, 0.15) is 20.3 Å². The smallest absolute Gasteiger partial charge is 0.0599 e. The van der Waals surface area contributed by atoms with Crippen molar-refractivity contribution >= 4 is 23.1 Å². The van der Waals surface area contributed by atoms with Gasteiger partial charge in [-0.2, -0.15) is 0 Å². The van der Waals surface area contributed by atoms with Crippen molar-refractivity contribution in [3.05, 3.63) is 17.5 Å². The minimum absolute atomic E-state index is 0.664. The maximum atomic E-state index is 3.48. The summed E-state index contributed by atoms with van der Waals surface area (Å²) >= 11 is 3.78. The van der Waals surface area contributed by atoms with Crippen molar-refractivity contribution in [2.75, 3.05) is 12.3 Å². The van der Waals surface area contributed by atoms with Gasteiger partial charge >= 0.3 is 0 Å². The van der Waals surface area contributed by atoms with Gasteiger partial charge in [-0.3, -0.25) is 0 Å². The van der Waals surface area contributed by atoms with Gasteiger partial charge in [0.25, 0.3) is 0 Å². The van der Waals surface area contributed by atoms with E-state index in [2.05, 4.69) is 36.7 Å². The second-order valence-electron chi connectivity index (χ2n) is 2.91. The zero-order chi connectivity index (χ0) is 9.52. The molecule has 0 spiro atoms. The third-order valence-electron chi connectivity index (χ3n) is 1.91. The van der Waals surface area contributed by atoms with E-state index in [4.69, 9.17) is 0 Å². The molecule has 1 rings (SSSR count). The summed E-state index contributed by atoms with van der Waals surface area (Å²) in [5.74, 6) is 1.19. The third-order valence-corrected chi connectivity index (χ3v) is 4.20. The normalized spacial score (nSPS) is 13.1. The van der Waals surface area contributed by atoms with Crippen LogP contribution in [0.2, 0.25) is 0 Å². The molecule has 1 heterocycles. The van der Waals surface area contributed by atoms with Crippen LogP contribution < -0.4 is 5.32 Å². The molecule has 1 aromatic heterocycles. The summed E-state index contributed by atoms with van der Waals surface area (Å²) in [7, 11) is 0. The van der Waals surface area contributed by atoms with E-state index >= 15 is 0 Å². The molecule has 0 fully saturated rings. The predicted octanol–water partition coefficient (Wildman–Crippen LogP) is 3.23. The largest absolute Gasteiger partial charge is 0.313 e. The lowest BCUT2D eigenvalue weighted by Gasteiger charge is -2.14. The van der Waals surface area contributed by atoms with Crippen LogP contribution in [-0.2, 0) is 0 Å². The van der Waals surface area contributed by atoms with Gasteiger partial charge in [-0.15, -0.1) is 23.1 Å². The van der Waals surface area contributed by atoms with Crippen LogP contribution in [0.25, 0.3) is 0 Å². The molecular formula is C10H17NS2. The highest BCUT2D eigenvalue weighted by atomic mass is 32.2. The molecule has 0 radical (unpaired) electrons. The van der Waals surface area contributed by atoms with Gasteiger partial charge in [0.2, 0.25) is 0 Å². The highest BCUT2D eigenvalue weighted by Crippen LogP contribution is 2.24. The zero-order valence-corrected chi connectivity index (χ0v) is 9.88. The molecule has 0 aliphatic rings. The van der Waals surface area contributed by atoms with E-state index < -0.39 is 0 Å². The summed E-state index contributed by atoms with van der Waals surface area (Å²) in [5.41, 5.74) is 0. The Morgan fingerprint density at radius 2 is 2.38 bits per heavy atom. The predicted molar refractivity (Wildman–Crippen MR) is 62.8 cm³/mol. The van der Waals surface area contributed by atoms with Gasteiger partial charge in [-0.1, -0.05) is 19.9 Å². The monoisotopic (exact) mass is 215 g/mol. The molecule has 1 N–H and O–H groups in total. The Bertz CT molecular complexity index is 209. The van der Waals surface area contributed by atoms with Gasteiger partial charge in [0.15, 0.2) is 0 Å². The average Bonchev–Trinajstić information content (AvgIpc) is 2.64. The Morgan fingerprint density at radius 3 is 2.92 bits per heavy atom. The van der Waals surface area contributed by atoms with Crippen molar-refractivity contribution in [1.82, 2.24) is 5.32 Å². The first-order valence-corrected chi connectivity index (χ1v) is 6.63. The Labute approximate surface area is 88.9 Å². The van der Waals surface area contributed by atoms with Gasteiger partial charge in [-0.25, -0.2) is 0 Å². The number of nitrogens with one attached hydrogen (secondary N) is 1. The average molecular weight is 215 g/mol. The van der Waals surface area contributed by atoms with Crippen LogP contribution in [0, 0.1) is 0 Å². The fourth-order valence-electron chi connectivity index (χ4n) is 1.14. The molecule has 1 unspecified atom stereocenters. The fraction of sp³-hybridized carbons (Fsp3) is 0.600. The van der Waals surface area contributed by atoms with Crippen molar-refractivity contribution < 1.29 is 0 Å².